The molecular formula is C19H23N3O3. The molecule has 6 heteroatoms. The van der Waals surface area contributed by atoms with E-state index in [0.717, 1.165) is 24.4 Å². The highest BCUT2D eigenvalue weighted by atomic mass is 16.5. The Morgan fingerprint density at radius 2 is 2.12 bits per heavy atom. The zero-order chi connectivity index (χ0) is 17.5. The van der Waals surface area contributed by atoms with Crippen molar-refractivity contribution in [2.24, 2.45) is 0 Å². The number of carbonyl (C=O) groups is 1. The van der Waals surface area contributed by atoms with Crippen molar-refractivity contribution in [1.29, 1.82) is 0 Å². The van der Waals surface area contributed by atoms with E-state index in [0.29, 0.717) is 37.7 Å². The van der Waals surface area contributed by atoms with E-state index >= 15 is 0 Å². The molecule has 0 saturated carbocycles. The Balaban J connectivity index is 1.54. The fourth-order valence-electron chi connectivity index (χ4n) is 2.74. The number of amides is 1. The molecule has 0 atom stereocenters. The third-order valence-electron chi connectivity index (χ3n) is 3.99. The van der Waals surface area contributed by atoms with Gasteiger partial charge in [0.05, 0.1) is 25.3 Å². The molecule has 1 aliphatic heterocycles. The monoisotopic (exact) mass is 341 g/mol. The Morgan fingerprint density at radius 3 is 2.92 bits per heavy atom. The first-order chi connectivity index (χ1) is 12.2. The summed E-state index contributed by atoms with van der Waals surface area (Å²) in [5, 5.41) is 2.90. The summed E-state index contributed by atoms with van der Waals surface area (Å²) in [6, 6.07) is 11.4. The molecule has 1 aliphatic rings. The maximum Gasteiger partial charge on any atom is 0.255 e. The number of morpholine rings is 1. The summed E-state index contributed by atoms with van der Waals surface area (Å²) in [4.78, 5) is 19.0. The predicted octanol–water partition coefficient (Wildman–Crippen LogP) is 2.04. The zero-order valence-corrected chi connectivity index (χ0v) is 14.4. The van der Waals surface area contributed by atoms with Crippen LogP contribution in [0.4, 0.5) is 5.82 Å². The summed E-state index contributed by atoms with van der Waals surface area (Å²) in [7, 11) is 0. The van der Waals surface area contributed by atoms with Gasteiger partial charge in [-0.25, -0.2) is 4.98 Å². The molecular weight excluding hydrogens is 318 g/mol. The van der Waals surface area contributed by atoms with Gasteiger partial charge in [-0.3, -0.25) is 4.79 Å². The van der Waals surface area contributed by atoms with E-state index in [2.05, 4.69) is 15.2 Å². The van der Waals surface area contributed by atoms with Gasteiger partial charge in [0.25, 0.3) is 5.91 Å². The largest absolute Gasteiger partial charge is 0.492 e. The van der Waals surface area contributed by atoms with Gasteiger partial charge in [-0.2, -0.15) is 0 Å². The van der Waals surface area contributed by atoms with Crippen LogP contribution in [0.2, 0.25) is 0 Å². The van der Waals surface area contributed by atoms with E-state index in [1.54, 1.807) is 18.3 Å². The number of nitrogens with zero attached hydrogens (tertiary/aromatic N) is 2. The number of nitrogens with one attached hydrogen (secondary N) is 1. The number of anilines is 1. The first-order valence-electron chi connectivity index (χ1n) is 8.49. The van der Waals surface area contributed by atoms with E-state index in [9.17, 15) is 4.79 Å². The Labute approximate surface area is 147 Å². The van der Waals surface area contributed by atoms with E-state index < -0.39 is 0 Å². The molecule has 1 N–H and O–H groups in total. The summed E-state index contributed by atoms with van der Waals surface area (Å²) in [6.45, 7) is 5.67. The lowest BCUT2D eigenvalue weighted by Gasteiger charge is -2.29. The number of hydrogen-bond acceptors (Lipinski definition) is 5. The van der Waals surface area contributed by atoms with Crippen LogP contribution >= 0.6 is 0 Å². The molecule has 25 heavy (non-hydrogen) atoms. The third kappa shape index (κ3) is 4.70. The van der Waals surface area contributed by atoms with Gasteiger partial charge in [-0.05, 0) is 36.8 Å². The Bertz CT molecular complexity index is 715. The second-order valence-electron chi connectivity index (χ2n) is 5.89. The lowest BCUT2D eigenvalue weighted by molar-refractivity contribution is 0.0945. The molecule has 2 aromatic rings. The standard InChI is InChI=1S/C19H23N3O3/c1-15-4-2-5-16(14-15)25-11-8-21-19(23)17-6-3-7-20-18(17)22-9-12-24-13-10-22/h2-7,14H,8-13H2,1H3,(H,21,23). The Hall–Kier alpha value is -2.60. The maximum atomic E-state index is 12.5. The van der Waals surface area contributed by atoms with E-state index in [1.165, 1.54) is 0 Å². The fraction of sp³-hybridized carbons (Fsp3) is 0.368. The summed E-state index contributed by atoms with van der Waals surface area (Å²) in [5.74, 6) is 1.38. The number of ether oxygens (including phenoxy) is 2. The van der Waals surface area contributed by atoms with Crippen molar-refractivity contribution >= 4 is 11.7 Å². The average Bonchev–Trinajstić information content (AvgIpc) is 2.66. The minimum atomic E-state index is -0.137. The van der Waals surface area contributed by atoms with Crippen LogP contribution in [-0.2, 0) is 4.74 Å². The van der Waals surface area contributed by atoms with Crippen LogP contribution in [0, 0.1) is 6.92 Å². The van der Waals surface area contributed by atoms with Crippen molar-refractivity contribution in [2.45, 2.75) is 6.92 Å². The molecule has 1 fully saturated rings. The van der Waals surface area contributed by atoms with Gasteiger partial charge in [0.15, 0.2) is 0 Å². The molecule has 132 valence electrons. The molecule has 3 rings (SSSR count). The van der Waals surface area contributed by atoms with E-state index in [-0.39, 0.29) is 5.91 Å². The zero-order valence-electron chi connectivity index (χ0n) is 14.4. The van der Waals surface area contributed by atoms with Gasteiger partial charge in [0.2, 0.25) is 0 Å². The smallest absolute Gasteiger partial charge is 0.255 e. The molecule has 1 aromatic carbocycles. The van der Waals surface area contributed by atoms with Crippen molar-refractivity contribution in [1.82, 2.24) is 10.3 Å². The highest BCUT2D eigenvalue weighted by Gasteiger charge is 2.19. The second-order valence-corrected chi connectivity index (χ2v) is 5.89. The van der Waals surface area contributed by atoms with Crippen LogP contribution in [0.5, 0.6) is 5.75 Å². The normalized spacial score (nSPS) is 14.2. The minimum Gasteiger partial charge on any atom is -0.492 e. The van der Waals surface area contributed by atoms with Gasteiger partial charge in [0.1, 0.15) is 18.2 Å². The molecule has 0 bridgehead atoms. The van der Waals surface area contributed by atoms with Crippen LogP contribution in [0.1, 0.15) is 15.9 Å². The summed E-state index contributed by atoms with van der Waals surface area (Å²) < 4.78 is 11.0. The summed E-state index contributed by atoms with van der Waals surface area (Å²) in [6.07, 6.45) is 1.71. The van der Waals surface area contributed by atoms with Crippen molar-refractivity contribution in [3.05, 3.63) is 53.7 Å². The number of benzene rings is 1. The second kappa shape index (κ2) is 8.48. The van der Waals surface area contributed by atoms with E-state index in [1.807, 2.05) is 31.2 Å². The van der Waals surface area contributed by atoms with Gasteiger partial charge < -0.3 is 19.7 Å². The van der Waals surface area contributed by atoms with Gasteiger partial charge in [0, 0.05) is 19.3 Å². The maximum absolute atomic E-state index is 12.5. The van der Waals surface area contributed by atoms with Gasteiger partial charge >= 0.3 is 0 Å². The molecule has 0 unspecified atom stereocenters. The number of hydrogen-bond donors (Lipinski definition) is 1. The number of rotatable bonds is 6. The van der Waals surface area contributed by atoms with Crippen molar-refractivity contribution in [3.63, 3.8) is 0 Å². The topological polar surface area (TPSA) is 63.7 Å². The Kier molecular flexibility index (Phi) is 5.85. The van der Waals surface area contributed by atoms with Crippen LogP contribution in [0.3, 0.4) is 0 Å². The van der Waals surface area contributed by atoms with Crippen molar-refractivity contribution < 1.29 is 14.3 Å². The summed E-state index contributed by atoms with van der Waals surface area (Å²) in [5.41, 5.74) is 1.73. The van der Waals surface area contributed by atoms with Crippen LogP contribution in [0.15, 0.2) is 42.6 Å². The number of aryl methyl sites for hydroxylation is 1. The number of carbonyl (C=O) groups excluding carboxylic acids is 1. The molecule has 1 amide bonds. The van der Waals surface area contributed by atoms with Crippen LogP contribution in [0.25, 0.3) is 0 Å². The molecule has 0 spiro atoms. The highest BCUT2D eigenvalue weighted by molar-refractivity contribution is 5.98. The quantitative estimate of drug-likeness (QED) is 0.815. The van der Waals surface area contributed by atoms with Crippen LogP contribution in [-0.4, -0.2) is 50.3 Å². The molecule has 6 nitrogen and oxygen atoms in total. The molecule has 2 heterocycles. The number of aromatic nitrogens is 1. The fourth-order valence-corrected chi connectivity index (χ4v) is 2.74. The molecule has 0 aliphatic carbocycles. The Morgan fingerprint density at radius 1 is 1.28 bits per heavy atom. The predicted molar refractivity (Wildman–Crippen MR) is 96.3 cm³/mol. The van der Waals surface area contributed by atoms with Crippen molar-refractivity contribution in [2.75, 3.05) is 44.4 Å². The molecule has 1 aromatic heterocycles. The first kappa shape index (κ1) is 17.2. The lowest BCUT2D eigenvalue weighted by Crippen LogP contribution is -2.38. The third-order valence-corrected chi connectivity index (χ3v) is 3.99. The average molecular weight is 341 g/mol. The minimum absolute atomic E-state index is 0.137. The van der Waals surface area contributed by atoms with E-state index in [4.69, 9.17) is 9.47 Å². The lowest BCUT2D eigenvalue weighted by atomic mass is 10.2. The van der Waals surface area contributed by atoms with Gasteiger partial charge in [-0.1, -0.05) is 12.1 Å². The highest BCUT2D eigenvalue weighted by Crippen LogP contribution is 2.18. The molecule has 0 radical (unpaired) electrons. The van der Waals surface area contributed by atoms with Crippen LogP contribution < -0.4 is 15.0 Å². The van der Waals surface area contributed by atoms with Gasteiger partial charge in [-0.15, -0.1) is 0 Å². The van der Waals surface area contributed by atoms with Crippen molar-refractivity contribution in [3.8, 4) is 5.75 Å². The SMILES string of the molecule is Cc1cccc(OCCNC(=O)c2cccnc2N2CCOCC2)c1. The first-order valence-corrected chi connectivity index (χ1v) is 8.49. The number of pyridine rings is 1. The molecule has 1 saturated heterocycles. The summed E-state index contributed by atoms with van der Waals surface area (Å²) >= 11 is 0.